The van der Waals surface area contributed by atoms with Gasteiger partial charge in [0.05, 0.1) is 12.1 Å². The summed E-state index contributed by atoms with van der Waals surface area (Å²) in [6.07, 6.45) is 5.19. The third-order valence-corrected chi connectivity index (χ3v) is 6.29. The van der Waals surface area contributed by atoms with E-state index in [0.717, 1.165) is 29.9 Å². The van der Waals surface area contributed by atoms with Gasteiger partial charge in [0.15, 0.2) is 5.13 Å². The number of carbonyl (C=O) groups is 2. The second kappa shape index (κ2) is 6.87. The first-order valence-electron chi connectivity index (χ1n) is 7.53. The molecule has 2 saturated heterocycles. The molecule has 8 heteroatoms. The second-order valence-corrected chi connectivity index (χ2v) is 8.20. The van der Waals surface area contributed by atoms with Gasteiger partial charge in [-0.05, 0) is 19.8 Å². The van der Waals surface area contributed by atoms with Gasteiger partial charge in [-0.25, -0.2) is 9.78 Å². The highest BCUT2D eigenvalue weighted by Gasteiger charge is 2.42. The van der Waals surface area contributed by atoms with Gasteiger partial charge >= 0.3 is 6.03 Å². The highest BCUT2D eigenvalue weighted by Crippen LogP contribution is 2.33. The fraction of sp³-hybridized carbons (Fsp3) is 0.643. The van der Waals surface area contributed by atoms with Crippen molar-refractivity contribution >= 4 is 40.2 Å². The van der Waals surface area contributed by atoms with Crippen LogP contribution in [0.15, 0.2) is 6.20 Å². The van der Waals surface area contributed by atoms with Crippen LogP contribution < -0.4 is 16.0 Å². The van der Waals surface area contributed by atoms with Crippen LogP contribution in [0.5, 0.6) is 0 Å². The van der Waals surface area contributed by atoms with Crippen molar-refractivity contribution in [1.82, 2.24) is 15.6 Å². The molecule has 1 aromatic rings. The van der Waals surface area contributed by atoms with Gasteiger partial charge in [0.1, 0.15) is 0 Å². The summed E-state index contributed by atoms with van der Waals surface area (Å²) >= 11 is 3.41. The van der Waals surface area contributed by atoms with Crippen molar-refractivity contribution in [2.75, 3.05) is 11.1 Å². The number of urea groups is 1. The van der Waals surface area contributed by atoms with Crippen molar-refractivity contribution in [3.05, 3.63) is 11.1 Å². The van der Waals surface area contributed by atoms with E-state index in [0.29, 0.717) is 16.8 Å². The third kappa shape index (κ3) is 3.73. The summed E-state index contributed by atoms with van der Waals surface area (Å²) in [5.41, 5.74) is 0. The van der Waals surface area contributed by atoms with Crippen LogP contribution >= 0.6 is 23.1 Å². The van der Waals surface area contributed by atoms with E-state index < -0.39 is 0 Å². The molecule has 2 fully saturated rings. The molecule has 0 aliphatic carbocycles. The molecule has 0 radical (unpaired) electrons. The van der Waals surface area contributed by atoms with Crippen LogP contribution in [0.25, 0.3) is 0 Å². The van der Waals surface area contributed by atoms with Crippen molar-refractivity contribution in [2.45, 2.75) is 49.9 Å². The fourth-order valence-electron chi connectivity index (χ4n) is 2.87. The number of amides is 3. The topological polar surface area (TPSA) is 83.1 Å². The van der Waals surface area contributed by atoms with Crippen LogP contribution in [0.3, 0.4) is 0 Å². The number of carbonyl (C=O) groups excluding carboxylic acids is 2. The largest absolute Gasteiger partial charge is 0.332 e. The van der Waals surface area contributed by atoms with Crippen molar-refractivity contribution in [1.29, 1.82) is 0 Å². The Hall–Kier alpha value is -1.28. The minimum absolute atomic E-state index is 0.0298. The summed E-state index contributed by atoms with van der Waals surface area (Å²) in [6.45, 7) is 1.97. The van der Waals surface area contributed by atoms with Gasteiger partial charge in [0.25, 0.3) is 0 Å². The lowest BCUT2D eigenvalue weighted by Crippen LogP contribution is -2.36. The molecular weight excluding hydrogens is 320 g/mol. The van der Waals surface area contributed by atoms with Gasteiger partial charge in [-0.3, -0.25) is 4.79 Å². The molecule has 3 heterocycles. The van der Waals surface area contributed by atoms with E-state index in [-0.39, 0.29) is 24.0 Å². The van der Waals surface area contributed by atoms with Crippen LogP contribution in [0.1, 0.15) is 30.6 Å². The number of thiazole rings is 1. The zero-order valence-corrected chi connectivity index (χ0v) is 14.1. The lowest BCUT2D eigenvalue weighted by atomic mass is 10.0. The van der Waals surface area contributed by atoms with E-state index in [2.05, 4.69) is 20.9 Å². The van der Waals surface area contributed by atoms with E-state index in [4.69, 9.17) is 0 Å². The summed E-state index contributed by atoms with van der Waals surface area (Å²) in [6, 6.07) is 0.488. The summed E-state index contributed by atoms with van der Waals surface area (Å²) in [5.74, 6) is 1.01. The number of hydrogen-bond donors (Lipinski definition) is 3. The summed E-state index contributed by atoms with van der Waals surface area (Å²) in [7, 11) is 0. The molecule has 0 aromatic carbocycles. The molecule has 6 nitrogen and oxygen atoms in total. The number of aromatic nitrogens is 1. The molecule has 0 saturated carbocycles. The first-order chi connectivity index (χ1) is 10.6. The van der Waals surface area contributed by atoms with Gasteiger partial charge in [0.2, 0.25) is 5.91 Å². The van der Waals surface area contributed by atoms with E-state index in [1.165, 1.54) is 11.3 Å². The van der Waals surface area contributed by atoms with Gasteiger partial charge in [-0.2, -0.15) is 11.8 Å². The van der Waals surface area contributed by atoms with Gasteiger partial charge < -0.3 is 16.0 Å². The Morgan fingerprint density at radius 1 is 1.45 bits per heavy atom. The minimum Gasteiger partial charge on any atom is -0.332 e. The number of rotatable bonds is 6. The van der Waals surface area contributed by atoms with Crippen molar-refractivity contribution in [3.63, 3.8) is 0 Å². The zero-order chi connectivity index (χ0) is 15.5. The zero-order valence-electron chi connectivity index (χ0n) is 12.4. The van der Waals surface area contributed by atoms with Crippen LogP contribution in [0.2, 0.25) is 0 Å². The predicted octanol–water partition coefficient (Wildman–Crippen LogP) is 2.12. The highest BCUT2D eigenvalue weighted by molar-refractivity contribution is 8.00. The van der Waals surface area contributed by atoms with Crippen molar-refractivity contribution < 1.29 is 9.59 Å². The average molecular weight is 340 g/mol. The molecule has 120 valence electrons. The number of nitrogens with one attached hydrogen (secondary N) is 3. The maximum Gasteiger partial charge on any atom is 0.315 e. The van der Waals surface area contributed by atoms with E-state index in [9.17, 15) is 9.59 Å². The first kappa shape index (κ1) is 15.6. The minimum atomic E-state index is -0.0431. The molecule has 2 aliphatic rings. The standard InChI is InChI=1S/C14H20N4O2S2/c1-8-6-15-14(22-8)17-11(19)5-3-2-4-10-12-9(7-21-10)16-13(20)18-12/h6,9-10,12H,2-5,7H2,1H3,(H,15,17,19)(H2,16,18,20)/t9-,10+,12-/m1/s1. The molecule has 2 aliphatic heterocycles. The second-order valence-electron chi connectivity index (χ2n) is 5.69. The summed E-state index contributed by atoms with van der Waals surface area (Å²) < 4.78 is 0. The van der Waals surface area contributed by atoms with E-state index in [1.807, 2.05) is 18.7 Å². The molecule has 3 atom stereocenters. The van der Waals surface area contributed by atoms with E-state index >= 15 is 0 Å². The molecule has 0 bridgehead atoms. The lowest BCUT2D eigenvalue weighted by Gasteiger charge is -2.16. The van der Waals surface area contributed by atoms with Crippen molar-refractivity contribution in [2.24, 2.45) is 0 Å². The number of aryl methyl sites for hydroxylation is 1. The van der Waals surface area contributed by atoms with Gasteiger partial charge in [0, 0.05) is 28.5 Å². The molecule has 0 spiro atoms. The number of fused-ring (bicyclic) bond motifs is 1. The number of nitrogens with zero attached hydrogens (tertiary/aromatic N) is 1. The maximum absolute atomic E-state index is 11.8. The quantitative estimate of drug-likeness (QED) is 0.547. The molecule has 3 rings (SSSR count). The number of anilines is 1. The first-order valence-corrected chi connectivity index (χ1v) is 9.39. The Kier molecular flexibility index (Phi) is 4.87. The number of unbranched alkanes of at least 4 members (excludes halogenated alkanes) is 1. The number of hydrogen-bond acceptors (Lipinski definition) is 5. The smallest absolute Gasteiger partial charge is 0.315 e. The molecule has 1 aromatic heterocycles. The monoisotopic (exact) mass is 340 g/mol. The Balaban J connectivity index is 1.34. The van der Waals surface area contributed by atoms with Crippen LogP contribution in [-0.2, 0) is 4.79 Å². The molecule has 22 heavy (non-hydrogen) atoms. The lowest BCUT2D eigenvalue weighted by molar-refractivity contribution is -0.116. The average Bonchev–Trinajstić information content (AvgIpc) is 3.12. The summed E-state index contributed by atoms with van der Waals surface area (Å²) in [5, 5.41) is 9.91. The molecular formula is C14H20N4O2S2. The fourth-order valence-corrected chi connectivity index (χ4v) is 5.09. The molecule has 3 N–H and O–H groups in total. The molecule has 0 unspecified atom stereocenters. The van der Waals surface area contributed by atoms with Crippen LogP contribution in [-0.4, -0.2) is 40.0 Å². The number of thioether (sulfide) groups is 1. The van der Waals surface area contributed by atoms with Crippen LogP contribution in [0.4, 0.5) is 9.93 Å². The maximum atomic E-state index is 11.8. The Bertz CT molecular complexity index is 563. The van der Waals surface area contributed by atoms with Gasteiger partial charge in [-0.1, -0.05) is 6.42 Å². The van der Waals surface area contributed by atoms with E-state index in [1.54, 1.807) is 6.20 Å². The van der Waals surface area contributed by atoms with Crippen molar-refractivity contribution in [3.8, 4) is 0 Å². The Morgan fingerprint density at radius 2 is 2.32 bits per heavy atom. The predicted molar refractivity (Wildman–Crippen MR) is 89.4 cm³/mol. The third-order valence-electron chi connectivity index (χ3n) is 3.95. The molecule has 3 amide bonds. The SMILES string of the molecule is Cc1cnc(NC(=O)CCCC[C@@H]2SC[C@H]3NC(=O)N[C@@H]23)s1. The Morgan fingerprint density at radius 3 is 3.09 bits per heavy atom. The normalized spacial score (nSPS) is 26.4. The highest BCUT2D eigenvalue weighted by atomic mass is 32.2. The van der Waals surface area contributed by atoms with Gasteiger partial charge in [-0.15, -0.1) is 11.3 Å². The van der Waals surface area contributed by atoms with Crippen LogP contribution in [0, 0.1) is 6.92 Å². The summed E-state index contributed by atoms with van der Waals surface area (Å²) in [4.78, 5) is 28.4. The Labute approximate surface area is 137 Å².